The number of carboxylic acid groups (broad SMARTS) is 1. The average molecular weight is 474 g/mol. The molecule has 11 heteroatoms. The van der Waals surface area contributed by atoms with Crippen LogP contribution in [0.1, 0.15) is 15.9 Å². The van der Waals surface area contributed by atoms with Gasteiger partial charge >= 0.3 is 6.09 Å². The average Bonchev–Trinajstić information content (AvgIpc) is 2.83. The van der Waals surface area contributed by atoms with E-state index in [1.165, 1.54) is 4.90 Å². The van der Waals surface area contributed by atoms with Crippen LogP contribution in [0.25, 0.3) is 0 Å². The van der Waals surface area contributed by atoms with E-state index in [1.54, 1.807) is 18.3 Å². The maximum Gasteiger partial charge on any atom is 0.407 e. The van der Waals surface area contributed by atoms with E-state index < -0.39 is 15.9 Å². The second kappa shape index (κ2) is 9.65. The lowest BCUT2D eigenvalue weighted by Crippen LogP contribution is -2.48. The van der Waals surface area contributed by atoms with E-state index in [2.05, 4.69) is 15.2 Å². The van der Waals surface area contributed by atoms with Crippen molar-refractivity contribution in [2.24, 2.45) is 0 Å². The number of benzene rings is 1. The number of pyridine rings is 1. The molecule has 2 fully saturated rings. The predicted octanol–water partition coefficient (Wildman–Crippen LogP) is 1.05. The van der Waals surface area contributed by atoms with Crippen molar-refractivity contribution >= 4 is 33.3 Å². The Morgan fingerprint density at radius 2 is 1.58 bits per heavy atom. The van der Waals surface area contributed by atoms with Gasteiger partial charge in [-0.25, -0.2) is 18.2 Å². The normalized spacial score (nSPS) is 18.1. The van der Waals surface area contributed by atoms with Gasteiger partial charge in [-0.15, -0.1) is 0 Å². The fraction of sp³-hybridized carbons (Fsp3) is 0.409. The monoisotopic (exact) mass is 473 g/mol. The maximum atomic E-state index is 12.5. The second-order valence-electron chi connectivity index (χ2n) is 8.15. The molecule has 0 aliphatic carbocycles. The molecule has 0 atom stereocenters. The van der Waals surface area contributed by atoms with Crippen molar-refractivity contribution in [3.05, 3.63) is 53.7 Å². The molecule has 2 aromatic rings. The summed E-state index contributed by atoms with van der Waals surface area (Å²) in [5, 5.41) is 11.9. The molecule has 10 nitrogen and oxygen atoms in total. The van der Waals surface area contributed by atoms with Gasteiger partial charge in [0.05, 0.1) is 11.5 Å². The number of rotatable bonds is 5. The molecule has 2 N–H and O–H groups in total. The van der Waals surface area contributed by atoms with E-state index in [0.717, 1.165) is 17.1 Å². The van der Waals surface area contributed by atoms with Crippen LogP contribution in [0.15, 0.2) is 42.6 Å². The lowest BCUT2D eigenvalue weighted by Gasteiger charge is -2.34. The number of piperazine rings is 1. The Labute approximate surface area is 192 Å². The number of sulfone groups is 1. The quantitative estimate of drug-likeness (QED) is 0.661. The molecule has 0 spiro atoms. The Balaban J connectivity index is 1.27. The Bertz CT molecular complexity index is 1080. The van der Waals surface area contributed by atoms with Gasteiger partial charge in [0, 0.05) is 63.3 Å². The highest BCUT2D eigenvalue weighted by Crippen LogP contribution is 2.18. The molecule has 0 unspecified atom stereocenters. The summed E-state index contributed by atoms with van der Waals surface area (Å²) in [6.45, 7) is 3.37. The molecule has 2 aliphatic heterocycles. The zero-order valence-electron chi connectivity index (χ0n) is 18.2. The van der Waals surface area contributed by atoms with Crippen LogP contribution in [-0.2, 0) is 16.4 Å². The molecule has 0 bridgehead atoms. The third-order valence-electron chi connectivity index (χ3n) is 5.98. The topological polar surface area (TPSA) is 123 Å². The highest BCUT2D eigenvalue weighted by Gasteiger charge is 2.22. The predicted molar refractivity (Wildman–Crippen MR) is 125 cm³/mol. The standard InChI is InChI=1S/C22H27N5O5S/c28-21(18-2-4-19(5-3-18)25-7-9-27(10-8-25)22(29)30)24-16-17-1-6-20(23-15-17)26-11-13-33(31,32)14-12-26/h1-6,15H,7-14,16H2,(H,24,28)(H,29,30). The fourth-order valence-corrected chi connectivity index (χ4v) is 5.12. The fourth-order valence-electron chi connectivity index (χ4n) is 3.91. The van der Waals surface area contributed by atoms with Crippen molar-refractivity contribution in [1.29, 1.82) is 0 Å². The number of nitrogens with one attached hydrogen (secondary N) is 1. The first kappa shape index (κ1) is 22.8. The van der Waals surface area contributed by atoms with E-state index >= 15 is 0 Å². The highest BCUT2D eigenvalue weighted by molar-refractivity contribution is 7.91. The molecular formula is C22H27N5O5S. The minimum absolute atomic E-state index is 0.143. The molecule has 2 saturated heterocycles. The van der Waals surface area contributed by atoms with E-state index in [0.29, 0.717) is 51.4 Å². The van der Waals surface area contributed by atoms with Crippen LogP contribution in [0.4, 0.5) is 16.3 Å². The first-order valence-corrected chi connectivity index (χ1v) is 12.6. The molecule has 1 aromatic carbocycles. The summed E-state index contributed by atoms with van der Waals surface area (Å²) in [6.07, 6.45) is 0.798. The summed E-state index contributed by atoms with van der Waals surface area (Å²) in [5.41, 5.74) is 2.36. The summed E-state index contributed by atoms with van der Waals surface area (Å²) < 4.78 is 23.1. The summed E-state index contributed by atoms with van der Waals surface area (Å²) in [4.78, 5) is 33.4. The van der Waals surface area contributed by atoms with Gasteiger partial charge in [-0.05, 0) is 35.9 Å². The minimum Gasteiger partial charge on any atom is -0.465 e. The third-order valence-corrected chi connectivity index (χ3v) is 7.58. The van der Waals surface area contributed by atoms with Gasteiger partial charge in [-0.3, -0.25) is 4.79 Å². The van der Waals surface area contributed by atoms with Crippen LogP contribution in [0, 0.1) is 0 Å². The van der Waals surface area contributed by atoms with Gasteiger partial charge in [0.1, 0.15) is 5.82 Å². The Kier molecular flexibility index (Phi) is 6.68. The molecule has 3 heterocycles. The molecular weight excluding hydrogens is 446 g/mol. The Morgan fingerprint density at radius 3 is 2.15 bits per heavy atom. The number of carbonyl (C=O) groups excluding carboxylic acids is 1. The first-order chi connectivity index (χ1) is 15.8. The Hall–Kier alpha value is -3.34. The van der Waals surface area contributed by atoms with Crippen LogP contribution < -0.4 is 15.1 Å². The summed E-state index contributed by atoms with van der Waals surface area (Å²) in [5.74, 6) is 0.829. The van der Waals surface area contributed by atoms with Gasteiger partial charge in [0.15, 0.2) is 9.84 Å². The van der Waals surface area contributed by atoms with Crippen LogP contribution in [0.5, 0.6) is 0 Å². The number of hydrogen-bond donors (Lipinski definition) is 2. The number of aromatic nitrogens is 1. The number of hydrogen-bond acceptors (Lipinski definition) is 7. The van der Waals surface area contributed by atoms with Gasteiger partial charge in [0.2, 0.25) is 0 Å². The minimum atomic E-state index is -2.93. The van der Waals surface area contributed by atoms with E-state index in [1.807, 2.05) is 29.2 Å². The third kappa shape index (κ3) is 5.72. The summed E-state index contributed by atoms with van der Waals surface area (Å²) in [7, 11) is -2.93. The molecule has 176 valence electrons. The molecule has 0 saturated carbocycles. The highest BCUT2D eigenvalue weighted by atomic mass is 32.2. The van der Waals surface area contributed by atoms with Crippen molar-refractivity contribution in [2.75, 3.05) is 60.6 Å². The van der Waals surface area contributed by atoms with Crippen LogP contribution in [0.2, 0.25) is 0 Å². The van der Waals surface area contributed by atoms with Crippen LogP contribution in [0.3, 0.4) is 0 Å². The van der Waals surface area contributed by atoms with Gasteiger partial charge < -0.3 is 25.1 Å². The van der Waals surface area contributed by atoms with Crippen LogP contribution >= 0.6 is 0 Å². The number of anilines is 2. The lowest BCUT2D eigenvalue weighted by molar-refractivity contribution is 0.0950. The smallest absolute Gasteiger partial charge is 0.407 e. The van der Waals surface area contributed by atoms with Gasteiger partial charge in [-0.1, -0.05) is 6.07 Å². The zero-order valence-corrected chi connectivity index (χ0v) is 19.0. The van der Waals surface area contributed by atoms with E-state index in [-0.39, 0.29) is 17.4 Å². The van der Waals surface area contributed by atoms with Crippen molar-refractivity contribution in [3.8, 4) is 0 Å². The number of nitrogens with zero attached hydrogens (tertiary/aromatic N) is 4. The summed E-state index contributed by atoms with van der Waals surface area (Å²) >= 11 is 0. The zero-order chi connectivity index (χ0) is 23.4. The lowest BCUT2D eigenvalue weighted by atomic mass is 10.1. The molecule has 1 aromatic heterocycles. The number of carbonyl (C=O) groups is 2. The van der Waals surface area contributed by atoms with Gasteiger partial charge in [-0.2, -0.15) is 0 Å². The molecule has 2 amide bonds. The van der Waals surface area contributed by atoms with Crippen molar-refractivity contribution in [3.63, 3.8) is 0 Å². The van der Waals surface area contributed by atoms with Crippen molar-refractivity contribution < 1.29 is 23.1 Å². The van der Waals surface area contributed by atoms with E-state index in [9.17, 15) is 18.0 Å². The van der Waals surface area contributed by atoms with Crippen LogP contribution in [-0.4, -0.2) is 86.2 Å². The van der Waals surface area contributed by atoms with Crippen molar-refractivity contribution in [2.45, 2.75) is 6.54 Å². The SMILES string of the molecule is O=C(NCc1ccc(N2CCS(=O)(=O)CC2)nc1)c1ccc(N2CCN(C(=O)O)CC2)cc1. The van der Waals surface area contributed by atoms with Crippen molar-refractivity contribution in [1.82, 2.24) is 15.2 Å². The number of amides is 2. The maximum absolute atomic E-state index is 12.5. The van der Waals surface area contributed by atoms with Gasteiger partial charge in [0.25, 0.3) is 5.91 Å². The molecule has 2 aliphatic rings. The largest absolute Gasteiger partial charge is 0.465 e. The first-order valence-electron chi connectivity index (χ1n) is 10.8. The Morgan fingerprint density at radius 1 is 0.909 bits per heavy atom. The molecule has 4 rings (SSSR count). The summed E-state index contributed by atoms with van der Waals surface area (Å²) in [6, 6.07) is 11.0. The molecule has 33 heavy (non-hydrogen) atoms. The van der Waals surface area contributed by atoms with E-state index in [4.69, 9.17) is 5.11 Å². The molecule has 0 radical (unpaired) electrons. The second-order valence-corrected chi connectivity index (χ2v) is 10.5.